The quantitative estimate of drug-likeness (QED) is 0.481. The monoisotopic (exact) mass is 148 g/mol. The number of rotatable bonds is 0. The number of carbonyl (C=O) groups is 1. The van der Waals surface area contributed by atoms with Crippen LogP contribution in [0.1, 0.15) is 25.7 Å². The molecule has 1 atom stereocenters. The van der Waals surface area contributed by atoms with Crippen LogP contribution in [0.4, 0.5) is 0 Å². The Bertz CT molecular complexity index is 235. The van der Waals surface area contributed by atoms with Crippen molar-refractivity contribution < 1.29 is 4.79 Å². The largest absolute Gasteiger partial charge is 0.295 e. The molecule has 0 spiro atoms. The van der Waals surface area contributed by atoms with Crippen LogP contribution < -0.4 is 0 Å². The summed E-state index contributed by atoms with van der Waals surface area (Å²) in [6.07, 6.45) is 10.4. The van der Waals surface area contributed by atoms with Crippen LogP contribution in [0, 0.1) is 5.92 Å². The summed E-state index contributed by atoms with van der Waals surface area (Å²) < 4.78 is 0. The smallest absolute Gasteiger partial charge is 0.155 e. The van der Waals surface area contributed by atoms with Gasteiger partial charge in [0.25, 0.3) is 0 Å². The van der Waals surface area contributed by atoms with E-state index in [0.717, 1.165) is 25.7 Å². The molecule has 0 aromatic heterocycles. The second-order valence-electron chi connectivity index (χ2n) is 3.30. The second-order valence-corrected chi connectivity index (χ2v) is 3.30. The first-order valence-corrected chi connectivity index (χ1v) is 4.26. The van der Waals surface area contributed by atoms with Crippen molar-refractivity contribution in [3.63, 3.8) is 0 Å². The maximum absolute atomic E-state index is 11.0. The first kappa shape index (κ1) is 6.84. The fraction of sp³-hybridized carbons (Fsp3) is 0.500. The minimum absolute atomic E-state index is 0.326. The lowest BCUT2D eigenvalue weighted by Gasteiger charge is -2.23. The molecule has 0 aromatic carbocycles. The van der Waals surface area contributed by atoms with E-state index in [1.54, 1.807) is 0 Å². The molecule has 58 valence electrons. The molecule has 0 fully saturated rings. The molecular formula is C10H12O. The highest BCUT2D eigenvalue weighted by atomic mass is 16.1. The molecule has 0 bridgehead atoms. The predicted octanol–water partition coefficient (Wildman–Crippen LogP) is 2.24. The summed E-state index contributed by atoms with van der Waals surface area (Å²) in [5, 5.41) is 0. The molecule has 0 amide bonds. The van der Waals surface area contributed by atoms with E-state index in [-0.39, 0.29) is 0 Å². The van der Waals surface area contributed by atoms with Crippen LogP contribution in [-0.4, -0.2) is 5.78 Å². The van der Waals surface area contributed by atoms with E-state index in [1.165, 1.54) is 5.57 Å². The molecule has 0 aromatic rings. The number of allylic oxidation sites excluding steroid dienone is 4. The van der Waals surface area contributed by atoms with Crippen LogP contribution in [0.3, 0.4) is 0 Å². The minimum atomic E-state index is 0.326. The van der Waals surface area contributed by atoms with Crippen molar-refractivity contribution in [3.05, 3.63) is 23.8 Å². The van der Waals surface area contributed by atoms with Crippen molar-refractivity contribution in [1.29, 1.82) is 0 Å². The van der Waals surface area contributed by atoms with Crippen LogP contribution in [0.2, 0.25) is 0 Å². The van der Waals surface area contributed by atoms with Gasteiger partial charge in [0.15, 0.2) is 5.78 Å². The molecule has 11 heavy (non-hydrogen) atoms. The average molecular weight is 148 g/mol. The summed E-state index contributed by atoms with van der Waals surface area (Å²) in [7, 11) is 0. The fourth-order valence-corrected chi connectivity index (χ4v) is 1.86. The van der Waals surface area contributed by atoms with Gasteiger partial charge in [-0.25, -0.2) is 0 Å². The van der Waals surface area contributed by atoms with Crippen molar-refractivity contribution in [3.8, 4) is 0 Å². The fourth-order valence-electron chi connectivity index (χ4n) is 1.86. The molecule has 1 nitrogen and oxygen atoms in total. The third-order valence-corrected chi connectivity index (χ3v) is 2.49. The lowest BCUT2D eigenvalue weighted by molar-refractivity contribution is -0.115. The van der Waals surface area contributed by atoms with Crippen LogP contribution in [-0.2, 0) is 4.79 Å². The Labute approximate surface area is 66.8 Å². The molecule has 0 radical (unpaired) electrons. The number of hydrogen-bond donors (Lipinski definition) is 0. The van der Waals surface area contributed by atoms with Gasteiger partial charge in [0, 0.05) is 6.42 Å². The average Bonchev–Trinajstić information content (AvgIpc) is 2.04. The predicted molar refractivity (Wildman–Crippen MR) is 44.2 cm³/mol. The zero-order valence-corrected chi connectivity index (χ0v) is 6.55. The van der Waals surface area contributed by atoms with Gasteiger partial charge in [-0.05, 0) is 31.3 Å². The van der Waals surface area contributed by atoms with E-state index in [9.17, 15) is 4.79 Å². The van der Waals surface area contributed by atoms with Gasteiger partial charge in [-0.15, -0.1) is 0 Å². The van der Waals surface area contributed by atoms with Crippen LogP contribution in [0.25, 0.3) is 0 Å². The van der Waals surface area contributed by atoms with E-state index >= 15 is 0 Å². The number of hydrogen-bond acceptors (Lipinski definition) is 1. The van der Waals surface area contributed by atoms with E-state index in [4.69, 9.17) is 0 Å². The lowest BCUT2D eigenvalue weighted by atomic mass is 9.81. The van der Waals surface area contributed by atoms with Crippen molar-refractivity contribution in [2.75, 3.05) is 0 Å². The summed E-state index contributed by atoms with van der Waals surface area (Å²) in [5.74, 6) is 0.924. The van der Waals surface area contributed by atoms with Crippen LogP contribution >= 0.6 is 0 Å². The first-order chi connectivity index (χ1) is 5.36. The molecule has 1 heteroatoms. The highest BCUT2D eigenvalue weighted by molar-refractivity contribution is 5.91. The summed E-state index contributed by atoms with van der Waals surface area (Å²) >= 11 is 0. The Morgan fingerprint density at radius 1 is 1.36 bits per heavy atom. The molecule has 0 heterocycles. The zero-order chi connectivity index (χ0) is 7.68. The van der Waals surface area contributed by atoms with Gasteiger partial charge in [0.1, 0.15) is 0 Å². The summed E-state index contributed by atoms with van der Waals surface area (Å²) in [4.78, 5) is 11.0. The molecule has 0 unspecified atom stereocenters. The van der Waals surface area contributed by atoms with Gasteiger partial charge < -0.3 is 0 Å². The SMILES string of the molecule is O=C1C=C2CCC=C[C@H]2CC1. The highest BCUT2D eigenvalue weighted by Gasteiger charge is 2.20. The van der Waals surface area contributed by atoms with E-state index in [0.29, 0.717) is 11.7 Å². The van der Waals surface area contributed by atoms with Gasteiger partial charge in [-0.1, -0.05) is 17.7 Å². The maximum Gasteiger partial charge on any atom is 0.155 e. The van der Waals surface area contributed by atoms with Crippen molar-refractivity contribution in [2.45, 2.75) is 25.7 Å². The van der Waals surface area contributed by atoms with Crippen molar-refractivity contribution in [1.82, 2.24) is 0 Å². The minimum Gasteiger partial charge on any atom is -0.295 e. The standard InChI is InChI=1S/C10H12O/c11-10-6-5-8-3-1-2-4-9(8)7-10/h1,3,7-8H,2,4-6H2/t8-/m0/s1. The van der Waals surface area contributed by atoms with Crippen LogP contribution in [0.5, 0.6) is 0 Å². The van der Waals surface area contributed by atoms with Gasteiger partial charge in [0.2, 0.25) is 0 Å². The number of carbonyl (C=O) groups excluding carboxylic acids is 1. The molecule has 0 saturated carbocycles. The van der Waals surface area contributed by atoms with E-state index in [2.05, 4.69) is 12.2 Å². The van der Waals surface area contributed by atoms with Gasteiger partial charge in [-0.3, -0.25) is 4.79 Å². The van der Waals surface area contributed by atoms with E-state index in [1.807, 2.05) is 6.08 Å². The second kappa shape index (κ2) is 2.65. The molecule has 2 aliphatic rings. The zero-order valence-electron chi connectivity index (χ0n) is 6.55. The Kier molecular flexibility index (Phi) is 1.65. The third-order valence-electron chi connectivity index (χ3n) is 2.49. The first-order valence-electron chi connectivity index (χ1n) is 4.26. The van der Waals surface area contributed by atoms with Gasteiger partial charge in [-0.2, -0.15) is 0 Å². The Morgan fingerprint density at radius 2 is 2.27 bits per heavy atom. The summed E-state index contributed by atoms with van der Waals surface area (Å²) in [6, 6.07) is 0. The summed E-state index contributed by atoms with van der Waals surface area (Å²) in [6.45, 7) is 0. The topological polar surface area (TPSA) is 17.1 Å². The lowest BCUT2D eigenvalue weighted by Crippen LogP contribution is -2.14. The molecule has 0 saturated heterocycles. The maximum atomic E-state index is 11.0. The molecular weight excluding hydrogens is 136 g/mol. The normalized spacial score (nSPS) is 29.6. The van der Waals surface area contributed by atoms with Gasteiger partial charge >= 0.3 is 0 Å². The molecule has 0 aliphatic heterocycles. The molecule has 2 aliphatic carbocycles. The van der Waals surface area contributed by atoms with E-state index < -0.39 is 0 Å². The third kappa shape index (κ3) is 1.28. The van der Waals surface area contributed by atoms with Gasteiger partial charge in [0.05, 0.1) is 0 Å². The molecule has 2 rings (SSSR count). The Morgan fingerprint density at radius 3 is 3.18 bits per heavy atom. The Hall–Kier alpha value is -0.850. The van der Waals surface area contributed by atoms with Crippen LogP contribution in [0.15, 0.2) is 23.8 Å². The van der Waals surface area contributed by atoms with Crippen molar-refractivity contribution >= 4 is 5.78 Å². The Balaban J connectivity index is 2.26. The highest BCUT2D eigenvalue weighted by Crippen LogP contribution is 2.30. The molecule has 0 N–H and O–H groups in total. The number of fused-ring (bicyclic) bond motifs is 1. The number of ketones is 1. The summed E-state index contributed by atoms with van der Waals surface area (Å²) in [5.41, 5.74) is 1.36. The van der Waals surface area contributed by atoms with Crippen molar-refractivity contribution in [2.24, 2.45) is 5.92 Å².